The molecule has 0 saturated heterocycles. The Labute approximate surface area is 95.8 Å². The first-order valence-corrected chi connectivity index (χ1v) is 5.67. The SMILES string of the molecule is O=C(O)c1sc(N2CC=CCC2)nc1Cl. The largest absolute Gasteiger partial charge is 0.477 e. The minimum absolute atomic E-state index is 0.0806. The highest BCUT2D eigenvalue weighted by atomic mass is 35.5. The summed E-state index contributed by atoms with van der Waals surface area (Å²) in [4.78, 5) is 17.0. The molecule has 0 aliphatic carbocycles. The van der Waals surface area contributed by atoms with Crippen LogP contribution >= 0.6 is 22.9 Å². The Hall–Kier alpha value is -1.07. The van der Waals surface area contributed by atoms with Crippen LogP contribution < -0.4 is 4.90 Å². The number of hydrogen-bond acceptors (Lipinski definition) is 4. The predicted octanol–water partition coefficient (Wildman–Crippen LogP) is 2.26. The lowest BCUT2D eigenvalue weighted by molar-refractivity contribution is 0.0702. The molecule has 1 aliphatic heterocycles. The minimum atomic E-state index is -1.02. The van der Waals surface area contributed by atoms with E-state index in [1.54, 1.807) is 0 Å². The molecule has 0 radical (unpaired) electrons. The van der Waals surface area contributed by atoms with Crippen LogP contribution in [0.25, 0.3) is 0 Å². The molecule has 0 saturated carbocycles. The second kappa shape index (κ2) is 4.20. The molecule has 15 heavy (non-hydrogen) atoms. The molecule has 0 spiro atoms. The van der Waals surface area contributed by atoms with Gasteiger partial charge in [-0.05, 0) is 6.42 Å². The van der Waals surface area contributed by atoms with E-state index in [2.05, 4.69) is 11.1 Å². The smallest absolute Gasteiger partial charge is 0.349 e. The molecule has 0 atom stereocenters. The lowest BCUT2D eigenvalue weighted by Gasteiger charge is -2.21. The summed E-state index contributed by atoms with van der Waals surface area (Å²) >= 11 is 6.86. The first-order valence-electron chi connectivity index (χ1n) is 4.48. The zero-order valence-electron chi connectivity index (χ0n) is 7.81. The van der Waals surface area contributed by atoms with Gasteiger partial charge in [0.25, 0.3) is 0 Å². The van der Waals surface area contributed by atoms with Crippen molar-refractivity contribution in [2.45, 2.75) is 6.42 Å². The van der Waals surface area contributed by atoms with Crippen LogP contribution in [0.2, 0.25) is 5.15 Å². The highest BCUT2D eigenvalue weighted by Gasteiger charge is 2.19. The van der Waals surface area contributed by atoms with E-state index in [0.29, 0.717) is 5.13 Å². The maximum Gasteiger partial charge on any atom is 0.349 e. The summed E-state index contributed by atoms with van der Waals surface area (Å²) in [6.45, 7) is 1.63. The molecule has 0 bridgehead atoms. The monoisotopic (exact) mass is 244 g/mol. The number of aromatic carboxylic acids is 1. The normalized spacial score (nSPS) is 15.7. The molecule has 0 aromatic carbocycles. The summed E-state index contributed by atoms with van der Waals surface area (Å²) in [6, 6.07) is 0. The fraction of sp³-hybridized carbons (Fsp3) is 0.333. The second-order valence-corrected chi connectivity index (χ2v) is 4.46. The number of nitrogens with zero attached hydrogens (tertiary/aromatic N) is 2. The topological polar surface area (TPSA) is 53.4 Å². The molecule has 0 unspecified atom stereocenters. The van der Waals surface area contributed by atoms with Gasteiger partial charge in [0.2, 0.25) is 0 Å². The zero-order chi connectivity index (χ0) is 10.8. The number of thiazole rings is 1. The van der Waals surface area contributed by atoms with Crippen molar-refractivity contribution in [2.24, 2.45) is 0 Å². The van der Waals surface area contributed by atoms with Gasteiger partial charge in [-0.3, -0.25) is 0 Å². The van der Waals surface area contributed by atoms with Gasteiger partial charge >= 0.3 is 5.97 Å². The van der Waals surface area contributed by atoms with Gasteiger partial charge in [0.1, 0.15) is 0 Å². The third kappa shape index (κ3) is 2.13. The van der Waals surface area contributed by atoms with E-state index in [9.17, 15) is 4.79 Å². The zero-order valence-corrected chi connectivity index (χ0v) is 9.38. The van der Waals surface area contributed by atoms with Gasteiger partial charge in [0.05, 0.1) is 0 Å². The van der Waals surface area contributed by atoms with Gasteiger partial charge in [-0.15, -0.1) is 0 Å². The minimum Gasteiger partial charge on any atom is -0.477 e. The van der Waals surface area contributed by atoms with E-state index < -0.39 is 5.97 Å². The van der Waals surface area contributed by atoms with Gasteiger partial charge in [0, 0.05) is 13.1 Å². The predicted molar refractivity (Wildman–Crippen MR) is 60.1 cm³/mol. The van der Waals surface area contributed by atoms with Crippen molar-refractivity contribution in [2.75, 3.05) is 18.0 Å². The van der Waals surface area contributed by atoms with Crippen molar-refractivity contribution in [1.29, 1.82) is 0 Å². The maximum absolute atomic E-state index is 10.8. The van der Waals surface area contributed by atoms with Crippen LogP contribution in [-0.2, 0) is 0 Å². The average Bonchev–Trinajstić information content (AvgIpc) is 2.62. The fourth-order valence-corrected chi connectivity index (χ4v) is 2.53. The summed E-state index contributed by atoms with van der Waals surface area (Å²) in [5.74, 6) is -1.02. The quantitative estimate of drug-likeness (QED) is 0.811. The van der Waals surface area contributed by atoms with Gasteiger partial charge in [-0.25, -0.2) is 9.78 Å². The number of hydrogen-bond donors (Lipinski definition) is 1. The van der Waals surface area contributed by atoms with Crippen molar-refractivity contribution in [3.05, 3.63) is 22.2 Å². The number of carboxylic acids is 1. The molecule has 1 aromatic rings. The fourth-order valence-electron chi connectivity index (χ4n) is 1.37. The summed E-state index contributed by atoms with van der Waals surface area (Å²) in [5.41, 5.74) is 0. The average molecular weight is 245 g/mol. The van der Waals surface area contributed by atoms with Gasteiger partial charge in [-0.2, -0.15) is 0 Å². The van der Waals surface area contributed by atoms with E-state index in [4.69, 9.17) is 16.7 Å². The third-order valence-electron chi connectivity index (χ3n) is 2.10. The maximum atomic E-state index is 10.8. The number of rotatable bonds is 2. The van der Waals surface area contributed by atoms with E-state index in [1.807, 2.05) is 11.0 Å². The highest BCUT2D eigenvalue weighted by molar-refractivity contribution is 7.18. The van der Waals surface area contributed by atoms with Crippen LogP contribution in [0.3, 0.4) is 0 Å². The Bertz CT molecular complexity index is 416. The summed E-state index contributed by atoms with van der Waals surface area (Å²) in [7, 11) is 0. The van der Waals surface area contributed by atoms with Crippen LogP contribution in [0, 0.1) is 0 Å². The Kier molecular flexibility index (Phi) is 2.93. The molecular weight excluding hydrogens is 236 g/mol. The summed E-state index contributed by atoms with van der Waals surface area (Å²) in [5, 5.41) is 9.59. The Balaban J connectivity index is 2.25. The molecule has 2 rings (SSSR count). The van der Waals surface area contributed by atoms with Crippen molar-refractivity contribution >= 4 is 34.0 Å². The summed E-state index contributed by atoms with van der Waals surface area (Å²) < 4.78 is 0. The van der Waals surface area contributed by atoms with Crippen LogP contribution in [0.1, 0.15) is 16.1 Å². The molecule has 0 fully saturated rings. The van der Waals surface area contributed by atoms with Crippen molar-refractivity contribution in [1.82, 2.24) is 4.98 Å². The van der Waals surface area contributed by atoms with E-state index in [0.717, 1.165) is 30.8 Å². The molecular formula is C9H9ClN2O2S. The molecule has 0 amide bonds. The van der Waals surface area contributed by atoms with Crippen molar-refractivity contribution < 1.29 is 9.90 Å². The van der Waals surface area contributed by atoms with Gasteiger partial charge in [0.15, 0.2) is 15.2 Å². The number of halogens is 1. The number of anilines is 1. The van der Waals surface area contributed by atoms with E-state index in [1.165, 1.54) is 0 Å². The molecule has 2 heterocycles. The lowest BCUT2D eigenvalue weighted by Crippen LogP contribution is -2.26. The van der Waals surface area contributed by atoms with Crippen molar-refractivity contribution in [3.63, 3.8) is 0 Å². The number of carboxylic acid groups (broad SMARTS) is 1. The van der Waals surface area contributed by atoms with Gasteiger partial charge < -0.3 is 10.0 Å². The van der Waals surface area contributed by atoms with Crippen LogP contribution in [-0.4, -0.2) is 29.1 Å². The first kappa shape index (κ1) is 10.4. The molecule has 4 nitrogen and oxygen atoms in total. The van der Waals surface area contributed by atoms with E-state index in [-0.39, 0.29) is 10.0 Å². The molecule has 1 aromatic heterocycles. The third-order valence-corrected chi connectivity index (χ3v) is 3.59. The van der Waals surface area contributed by atoms with Crippen LogP contribution in [0.15, 0.2) is 12.2 Å². The lowest BCUT2D eigenvalue weighted by atomic mass is 10.3. The van der Waals surface area contributed by atoms with Crippen molar-refractivity contribution in [3.8, 4) is 0 Å². The number of aromatic nitrogens is 1. The Morgan fingerprint density at radius 2 is 2.40 bits per heavy atom. The Morgan fingerprint density at radius 3 is 2.93 bits per heavy atom. The first-order chi connectivity index (χ1) is 7.18. The molecule has 6 heteroatoms. The molecule has 1 N–H and O–H groups in total. The van der Waals surface area contributed by atoms with E-state index >= 15 is 0 Å². The van der Waals surface area contributed by atoms with Crippen LogP contribution in [0.5, 0.6) is 0 Å². The Morgan fingerprint density at radius 1 is 1.60 bits per heavy atom. The highest BCUT2D eigenvalue weighted by Crippen LogP contribution is 2.30. The molecule has 1 aliphatic rings. The molecule has 80 valence electrons. The standard InChI is InChI=1S/C9H9ClN2O2S/c10-7-6(8(13)14)15-9(11-7)12-4-2-1-3-5-12/h1-2H,3-5H2,(H,13,14). The summed E-state index contributed by atoms with van der Waals surface area (Å²) in [6.07, 6.45) is 5.10. The number of carbonyl (C=O) groups is 1. The second-order valence-electron chi connectivity index (χ2n) is 3.13. The van der Waals surface area contributed by atoms with Crippen LogP contribution in [0.4, 0.5) is 5.13 Å². The van der Waals surface area contributed by atoms with Gasteiger partial charge in [-0.1, -0.05) is 35.1 Å².